The van der Waals surface area contributed by atoms with E-state index in [1.807, 2.05) is 0 Å². The summed E-state index contributed by atoms with van der Waals surface area (Å²) in [5.41, 5.74) is 9.62. The van der Waals surface area contributed by atoms with Crippen LogP contribution in [0.15, 0.2) is 60.7 Å². The summed E-state index contributed by atoms with van der Waals surface area (Å²) >= 11 is 0. The van der Waals surface area contributed by atoms with E-state index in [0.29, 0.717) is 11.7 Å². The van der Waals surface area contributed by atoms with Gasteiger partial charge in [0.05, 0.1) is 0 Å². The maximum Gasteiger partial charge on any atom is 0.164 e. The number of aryl methyl sites for hydroxylation is 3. The van der Waals surface area contributed by atoms with Crippen molar-refractivity contribution in [1.29, 1.82) is 0 Å². The fourth-order valence-electron chi connectivity index (χ4n) is 4.90. The lowest BCUT2D eigenvalue weighted by molar-refractivity contribution is 0.561. The Bertz CT molecular complexity index is 1280. The van der Waals surface area contributed by atoms with Gasteiger partial charge in [-0.25, -0.2) is 15.0 Å². The Morgan fingerprint density at radius 2 is 1.03 bits per heavy atom. The summed E-state index contributed by atoms with van der Waals surface area (Å²) in [7, 11) is 0. The van der Waals surface area contributed by atoms with Crippen LogP contribution in [0.5, 0.6) is 0 Å². The Kier molecular flexibility index (Phi) is 8.30. The third-order valence-electron chi connectivity index (χ3n) is 7.36. The summed E-state index contributed by atoms with van der Waals surface area (Å²) in [4.78, 5) is 14.9. The molecule has 0 bridgehead atoms. The molecule has 0 aliphatic carbocycles. The van der Waals surface area contributed by atoms with E-state index in [9.17, 15) is 0 Å². The Hall–Kier alpha value is -3.33. The summed E-state index contributed by atoms with van der Waals surface area (Å²) in [6.07, 6.45) is 5.89. The molecule has 1 aromatic heterocycles. The lowest BCUT2D eigenvalue weighted by atomic mass is 9.90. The molecule has 0 amide bonds. The van der Waals surface area contributed by atoms with Crippen molar-refractivity contribution < 1.29 is 0 Å². The molecule has 3 aromatic carbocycles. The van der Waals surface area contributed by atoms with Crippen LogP contribution >= 0.6 is 0 Å². The summed E-state index contributed by atoms with van der Waals surface area (Å²) in [6.45, 7) is 13.2. The molecule has 0 saturated carbocycles. The monoisotopic (exact) mass is 477 g/mol. The molecule has 4 rings (SSSR count). The molecule has 0 spiro atoms. The standard InChI is InChI=1S/C33H39N3/c1-7-10-26(11-8-2)27-16-18-29(19-17-27)32-34-31(28-14-12-25(9-3)13-15-28)35-33(36-32)30-20-22(4)24(6)23(5)21-30/h12-21,26H,7-11H2,1-6H3. The molecule has 0 aliphatic heterocycles. The molecular formula is C33H39N3. The highest BCUT2D eigenvalue weighted by Crippen LogP contribution is 2.30. The van der Waals surface area contributed by atoms with Crippen LogP contribution in [0, 0.1) is 20.8 Å². The fourth-order valence-corrected chi connectivity index (χ4v) is 4.90. The molecular weight excluding hydrogens is 438 g/mol. The molecule has 0 atom stereocenters. The van der Waals surface area contributed by atoms with E-state index in [4.69, 9.17) is 15.0 Å². The van der Waals surface area contributed by atoms with E-state index in [-0.39, 0.29) is 0 Å². The molecule has 186 valence electrons. The zero-order valence-corrected chi connectivity index (χ0v) is 22.7. The van der Waals surface area contributed by atoms with E-state index in [1.54, 1.807) is 0 Å². The first-order valence-corrected chi connectivity index (χ1v) is 13.5. The molecule has 36 heavy (non-hydrogen) atoms. The topological polar surface area (TPSA) is 38.7 Å². The SMILES string of the molecule is CCCC(CCC)c1ccc(-c2nc(-c3ccc(CC)cc3)nc(-c3cc(C)c(C)c(C)c3)n2)cc1. The first-order valence-electron chi connectivity index (χ1n) is 13.5. The second-order valence-electron chi connectivity index (χ2n) is 9.99. The predicted molar refractivity (Wildman–Crippen MR) is 152 cm³/mol. The maximum absolute atomic E-state index is 4.97. The molecule has 0 fully saturated rings. The lowest BCUT2D eigenvalue weighted by Gasteiger charge is -2.16. The van der Waals surface area contributed by atoms with Crippen LogP contribution in [0.2, 0.25) is 0 Å². The van der Waals surface area contributed by atoms with Gasteiger partial charge in [0.15, 0.2) is 17.5 Å². The van der Waals surface area contributed by atoms with Gasteiger partial charge >= 0.3 is 0 Å². The van der Waals surface area contributed by atoms with Crippen LogP contribution in [0.4, 0.5) is 0 Å². The van der Waals surface area contributed by atoms with Crippen LogP contribution in [0.25, 0.3) is 34.2 Å². The summed E-state index contributed by atoms with van der Waals surface area (Å²) in [6, 6.07) is 21.8. The van der Waals surface area contributed by atoms with Gasteiger partial charge in [-0.2, -0.15) is 0 Å². The van der Waals surface area contributed by atoms with E-state index >= 15 is 0 Å². The van der Waals surface area contributed by atoms with E-state index < -0.39 is 0 Å². The number of benzene rings is 3. The highest BCUT2D eigenvalue weighted by molar-refractivity contribution is 5.68. The zero-order chi connectivity index (χ0) is 25.7. The molecule has 0 aliphatic rings. The highest BCUT2D eigenvalue weighted by Gasteiger charge is 2.15. The zero-order valence-electron chi connectivity index (χ0n) is 22.7. The van der Waals surface area contributed by atoms with Gasteiger partial charge in [0.25, 0.3) is 0 Å². The van der Waals surface area contributed by atoms with Crippen LogP contribution in [-0.4, -0.2) is 15.0 Å². The number of nitrogens with zero attached hydrogens (tertiary/aromatic N) is 3. The number of aromatic nitrogens is 3. The Morgan fingerprint density at radius 3 is 1.47 bits per heavy atom. The summed E-state index contributed by atoms with van der Waals surface area (Å²) in [5, 5.41) is 0. The molecule has 1 heterocycles. The van der Waals surface area contributed by atoms with Gasteiger partial charge in [-0.1, -0.05) is 82.1 Å². The average Bonchev–Trinajstić information content (AvgIpc) is 2.91. The predicted octanol–water partition coefficient (Wildman–Crippen LogP) is 9.04. The van der Waals surface area contributed by atoms with Crippen LogP contribution in [0.3, 0.4) is 0 Å². The molecule has 0 radical (unpaired) electrons. The largest absolute Gasteiger partial charge is 0.208 e. The number of rotatable bonds is 9. The van der Waals surface area contributed by atoms with E-state index in [0.717, 1.165) is 34.8 Å². The molecule has 3 nitrogen and oxygen atoms in total. The second kappa shape index (κ2) is 11.6. The Labute approximate surface area is 217 Å². The normalized spacial score (nSPS) is 11.3. The number of hydrogen-bond donors (Lipinski definition) is 0. The van der Waals surface area contributed by atoms with Gasteiger partial charge in [0.2, 0.25) is 0 Å². The Morgan fingerprint density at radius 1 is 0.583 bits per heavy atom. The second-order valence-corrected chi connectivity index (χ2v) is 9.99. The molecule has 0 N–H and O–H groups in total. The van der Waals surface area contributed by atoms with Crippen molar-refractivity contribution in [3.63, 3.8) is 0 Å². The van der Waals surface area contributed by atoms with E-state index in [2.05, 4.69) is 102 Å². The van der Waals surface area contributed by atoms with E-state index in [1.165, 1.54) is 53.5 Å². The van der Waals surface area contributed by atoms with Gasteiger partial charge < -0.3 is 0 Å². The van der Waals surface area contributed by atoms with Crippen molar-refractivity contribution in [2.45, 2.75) is 79.6 Å². The Balaban J connectivity index is 1.81. The minimum absolute atomic E-state index is 0.620. The van der Waals surface area contributed by atoms with Gasteiger partial charge in [0.1, 0.15) is 0 Å². The molecule has 4 aromatic rings. The maximum atomic E-state index is 4.97. The van der Waals surface area contributed by atoms with Crippen LogP contribution in [-0.2, 0) is 6.42 Å². The molecule has 3 heteroatoms. The van der Waals surface area contributed by atoms with Gasteiger partial charge in [0, 0.05) is 16.7 Å². The first kappa shape index (κ1) is 25.8. The quantitative estimate of drug-likeness (QED) is 0.241. The number of hydrogen-bond acceptors (Lipinski definition) is 3. The van der Waals surface area contributed by atoms with Crippen LogP contribution < -0.4 is 0 Å². The van der Waals surface area contributed by atoms with Crippen molar-refractivity contribution >= 4 is 0 Å². The van der Waals surface area contributed by atoms with Gasteiger partial charge in [-0.15, -0.1) is 0 Å². The molecule has 0 saturated heterocycles. The highest BCUT2D eigenvalue weighted by atomic mass is 15.0. The third-order valence-corrected chi connectivity index (χ3v) is 7.36. The van der Waals surface area contributed by atoms with Crippen molar-refractivity contribution in [2.75, 3.05) is 0 Å². The first-order chi connectivity index (χ1) is 17.4. The van der Waals surface area contributed by atoms with Crippen LogP contribution in [0.1, 0.15) is 80.2 Å². The fraction of sp³-hybridized carbons (Fsp3) is 0.364. The average molecular weight is 478 g/mol. The third kappa shape index (κ3) is 5.73. The van der Waals surface area contributed by atoms with Gasteiger partial charge in [-0.3, -0.25) is 0 Å². The minimum Gasteiger partial charge on any atom is -0.208 e. The van der Waals surface area contributed by atoms with Gasteiger partial charge in [-0.05, 0) is 85.9 Å². The summed E-state index contributed by atoms with van der Waals surface area (Å²) in [5.74, 6) is 2.78. The summed E-state index contributed by atoms with van der Waals surface area (Å²) < 4.78 is 0. The van der Waals surface area contributed by atoms with Crippen molar-refractivity contribution in [2.24, 2.45) is 0 Å². The molecule has 0 unspecified atom stereocenters. The smallest absolute Gasteiger partial charge is 0.164 e. The lowest BCUT2D eigenvalue weighted by Crippen LogP contribution is -2.02. The minimum atomic E-state index is 0.620. The van der Waals surface area contributed by atoms with Crippen molar-refractivity contribution in [1.82, 2.24) is 15.0 Å². The van der Waals surface area contributed by atoms with Crippen molar-refractivity contribution in [3.8, 4) is 34.2 Å². The van der Waals surface area contributed by atoms with Crippen molar-refractivity contribution in [3.05, 3.63) is 88.5 Å².